The predicted molar refractivity (Wildman–Crippen MR) is 126 cm³/mol. The van der Waals surface area contributed by atoms with Crippen molar-refractivity contribution in [3.8, 4) is 0 Å². The van der Waals surface area contributed by atoms with E-state index in [-0.39, 0.29) is 40.0 Å². The number of methoxy groups -OCH3 is 1. The van der Waals surface area contributed by atoms with Crippen molar-refractivity contribution in [3.05, 3.63) is 50.6 Å². The fourth-order valence-electron chi connectivity index (χ4n) is 2.99. The molecule has 0 aliphatic heterocycles. The summed E-state index contributed by atoms with van der Waals surface area (Å²) < 4.78 is 11.4. The Morgan fingerprint density at radius 3 is 2.67 bits per heavy atom. The zero-order valence-corrected chi connectivity index (χ0v) is 19.8. The molecule has 2 amide bonds. The lowest BCUT2D eigenvalue weighted by Crippen LogP contribution is -2.21. The lowest BCUT2D eigenvalue weighted by atomic mass is 10.1. The molecule has 2 aromatic heterocycles. The van der Waals surface area contributed by atoms with Crippen LogP contribution in [0.15, 0.2) is 34.2 Å². The van der Waals surface area contributed by atoms with Crippen LogP contribution < -0.4 is 16.6 Å². The van der Waals surface area contributed by atoms with Crippen molar-refractivity contribution in [2.24, 2.45) is 12.8 Å². The molecule has 1 aromatic carbocycles. The number of benzene rings is 1. The molecule has 0 radical (unpaired) electrons. The molecule has 0 aliphatic rings. The number of carbonyl (C=O) groups is 3. The van der Waals surface area contributed by atoms with Crippen LogP contribution in [0.25, 0.3) is 10.9 Å². The molecule has 174 valence electrons. The normalized spacial score (nSPS) is 10.9. The van der Waals surface area contributed by atoms with Gasteiger partial charge in [-0.1, -0.05) is 23.9 Å². The molecule has 12 heteroatoms. The highest BCUT2D eigenvalue weighted by Crippen LogP contribution is 2.33. The topological polar surface area (TPSA) is 143 Å². The van der Waals surface area contributed by atoms with E-state index in [0.717, 1.165) is 23.1 Å². The van der Waals surface area contributed by atoms with Gasteiger partial charge >= 0.3 is 5.97 Å². The van der Waals surface area contributed by atoms with Gasteiger partial charge in [-0.05, 0) is 24.6 Å². The molecule has 10 nitrogen and oxygen atoms in total. The van der Waals surface area contributed by atoms with Gasteiger partial charge in [0.1, 0.15) is 11.6 Å². The molecular formula is C21H22N4O6S2. The lowest BCUT2D eigenvalue weighted by molar-refractivity contribution is -0.113. The molecule has 3 rings (SSSR count). The Morgan fingerprint density at radius 2 is 1.97 bits per heavy atom. The van der Waals surface area contributed by atoms with Crippen molar-refractivity contribution in [3.63, 3.8) is 0 Å². The minimum absolute atomic E-state index is 0.0153. The van der Waals surface area contributed by atoms with Crippen LogP contribution in [0.3, 0.4) is 0 Å². The first-order valence-electron chi connectivity index (χ1n) is 9.72. The number of para-hydroxylation sites is 1. The fraction of sp³-hybridized carbons (Fsp3) is 0.286. The number of primary amides is 1. The first-order chi connectivity index (χ1) is 15.7. The van der Waals surface area contributed by atoms with Gasteiger partial charge in [0.2, 0.25) is 5.91 Å². The number of anilines is 1. The van der Waals surface area contributed by atoms with E-state index in [1.54, 1.807) is 38.2 Å². The number of thioether (sulfide) groups is 1. The van der Waals surface area contributed by atoms with Gasteiger partial charge in [0.15, 0.2) is 5.16 Å². The third-order valence-electron chi connectivity index (χ3n) is 4.62. The molecule has 2 heterocycles. The second-order valence-corrected chi connectivity index (χ2v) is 8.83. The maximum Gasteiger partial charge on any atom is 0.341 e. The minimum atomic E-state index is -0.714. The highest BCUT2D eigenvalue weighted by molar-refractivity contribution is 7.99. The molecule has 0 spiro atoms. The molecule has 0 unspecified atom stereocenters. The fourth-order valence-corrected chi connectivity index (χ4v) is 4.83. The van der Waals surface area contributed by atoms with Crippen LogP contribution in [0.2, 0.25) is 0 Å². The van der Waals surface area contributed by atoms with Crippen LogP contribution >= 0.6 is 23.1 Å². The summed E-state index contributed by atoms with van der Waals surface area (Å²) in [6, 6.07) is 6.95. The van der Waals surface area contributed by atoms with Crippen molar-refractivity contribution < 1.29 is 23.9 Å². The molecule has 0 aliphatic carbocycles. The first kappa shape index (κ1) is 24.4. The summed E-state index contributed by atoms with van der Waals surface area (Å²) in [5, 5.41) is 3.66. The molecule has 0 atom stereocenters. The van der Waals surface area contributed by atoms with E-state index in [2.05, 4.69) is 10.3 Å². The Kier molecular flexibility index (Phi) is 7.84. The summed E-state index contributed by atoms with van der Waals surface area (Å²) in [6.07, 6.45) is 0. The molecule has 0 fully saturated rings. The predicted octanol–water partition coefficient (Wildman–Crippen LogP) is 1.94. The monoisotopic (exact) mass is 490 g/mol. The third-order valence-corrected chi connectivity index (χ3v) is 6.87. The van der Waals surface area contributed by atoms with Crippen LogP contribution in [0, 0.1) is 6.92 Å². The average Bonchev–Trinajstić information content (AvgIpc) is 3.11. The van der Waals surface area contributed by atoms with E-state index < -0.39 is 17.8 Å². The SMILES string of the molecule is COCCOC(=O)c1c(NC(=O)CSc2nc3ccccc3c(=O)n2C)sc(C(N)=O)c1C. The van der Waals surface area contributed by atoms with E-state index in [9.17, 15) is 19.2 Å². The Labute approximate surface area is 197 Å². The maximum absolute atomic E-state index is 12.6. The molecule has 3 N–H and O–H groups in total. The highest BCUT2D eigenvalue weighted by Gasteiger charge is 2.26. The van der Waals surface area contributed by atoms with Gasteiger partial charge in [0.05, 0.1) is 33.7 Å². The number of hydrogen-bond acceptors (Lipinski definition) is 9. The second-order valence-electron chi connectivity index (χ2n) is 6.87. The minimum Gasteiger partial charge on any atom is -0.460 e. The van der Waals surface area contributed by atoms with Gasteiger partial charge < -0.3 is 20.5 Å². The highest BCUT2D eigenvalue weighted by atomic mass is 32.2. The van der Waals surface area contributed by atoms with Gasteiger partial charge in [0, 0.05) is 14.2 Å². The summed E-state index contributed by atoms with van der Waals surface area (Å²) in [7, 11) is 3.05. The van der Waals surface area contributed by atoms with Crippen LogP contribution in [-0.2, 0) is 21.3 Å². The van der Waals surface area contributed by atoms with Crippen LogP contribution in [-0.4, -0.2) is 53.4 Å². The zero-order chi connectivity index (χ0) is 24.1. The molecule has 0 saturated carbocycles. The van der Waals surface area contributed by atoms with Gasteiger partial charge in [0.25, 0.3) is 11.5 Å². The standard InChI is InChI=1S/C21H22N4O6S2/c1-11-15(20(29)31-9-8-30-3)18(33-16(11)17(22)27)24-14(26)10-32-21-23-13-7-5-4-6-12(13)19(28)25(21)2/h4-7H,8-10H2,1-3H3,(H2,22,27)(H,24,26). The second kappa shape index (κ2) is 10.6. The Bertz CT molecular complexity index is 1280. The summed E-state index contributed by atoms with van der Waals surface area (Å²) in [5.41, 5.74) is 6.12. The number of amides is 2. The lowest BCUT2D eigenvalue weighted by Gasteiger charge is -2.10. The number of rotatable bonds is 9. The molecule has 0 saturated heterocycles. The smallest absolute Gasteiger partial charge is 0.341 e. The van der Waals surface area contributed by atoms with Crippen LogP contribution in [0.1, 0.15) is 25.6 Å². The molecule has 33 heavy (non-hydrogen) atoms. The largest absolute Gasteiger partial charge is 0.460 e. The number of ether oxygens (including phenoxy) is 2. The molecule has 3 aromatic rings. The van der Waals surface area contributed by atoms with Gasteiger partial charge in [-0.2, -0.15) is 0 Å². The number of fused-ring (bicyclic) bond motifs is 1. The van der Waals surface area contributed by atoms with E-state index in [4.69, 9.17) is 15.2 Å². The number of nitrogens with zero attached hydrogens (tertiary/aromatic N) is 2. The third kappa shape index (κ3) is 5.41. The number of carbonyl (C=O) groups excluding carboxylic acids is 3. The summed E-state index contributed by atoms with van der Waals surface area (Å²) in [6.45, 7) is 1.78. The summed E-state index contributed by atoms with van der Waals surface area (Å²) in [5.74, 6) is -1.95. The Morgan fingerprint density at radius 1 is 1.24 bits per heavy atom. The number of hydrogen-bond donors (Lipinski definition) is 2. The van der Waals surface area contributed by atoms with Crippen molar-refractivity contribution in [2.75, 3.05) is 31.4 Å². The van der Waals surface area contributed by atoms with Gasteiger partial charge in [-0.3, -0.25) is 19.0 Å². The van der Waals surface area contributed by atoms with Crippen molar-refractivity contribution in [2.45, 2.75) is 12.1 Å². The first-order valence-corrected chi connectivity index (χ1v) is 11.5. The van der Waals surface area contributed by atoms with E-state index >= 15 is 0 Å². The Hall–Kier alpha value is -3.22. The number of aromatic nitrogens is 2. The number of nitrogens with two attached hydrogens (primary N) is 1. The van der Waals surface area contributed by atoms with Crippen LogP contribution in [0.5, 0.6) is 0 Å². The maximum atomic E-state index is 12.6. The average molecular weight is 491 g/mol. The van der Waals surface area contributed by atoms with Gasteiger partial charge in [-0.15, -0.1) is 11.3 Å². The summed E-state index contributed by atoms with van der Waals surface area (Å²) >= 11 is 1.97. The zero-order valence-electron chi connectivity index (χ0n) is 18.2. The number of nitrogens with one attached hydrogen (secondary N) is 1. The van der Waals surface area contributed by atoms with E-state index in [1.165, 1.54) is 11.7 Å². The quantitative estimate of drug-likeness (QED) is 0.201. The van der Waals surface area contributed by atoms with Crippen molar-refractivity contribution in [1.29, 1.82) is 0 Å². The molecule has 0 bridgehead atoms. The van der Waals surface area contributed by atoms with E-state index in [1.807, 2.05) is 0 Å². The van der Waals surface area contributed by atoms with Gasteiger partial charge in [-0.25, -0.2) is 9.78 Å². The van der Waals surface area contributed by atoms with Crippen LogP contribution in [0.4, 0.5) is 5.00 Å². The van der Waals surface area contributed by atoms with Crippen molar-refractivity contribution in [1.82, 2.24) is 9.55 Å². The Balaban J connectivity index is 1.79. The number of thiophene rings is 1. The number of esters is 1. The van der Waals surface area contributed by atoms with E-state index in [0.29, 0.717) is 21.6 Å². The van der Waals surface area contributed by atoms with Crippen molar-refractivity contribution >= 4 is 56.8 Å². The molecular weight excluding hydrogens is 468 g/mol. The summed E-state index contributed by atoms with van der Waals surface area (Å²) in [4.78, 5) is 54.0.